The third-order valence-electron chi connectivity index (χ3n) is 20.0. The van der Waals surface area contributed by atoms with Crippen molar-refractivity contribution in [3.8, 4) is 0 Å². The zero-order valence-corrected chi connectivity index (χ0v) is 63.6. The van der Waals surface area contributed by atoms with E-state index in [0.29, 0.717) is 0 Å². The van der Waals surface area contributed by atoms with E-state index in [0.717, 1.165) is 116 Å². The molecular formula is C104H96N4. The van der Waals surface area contributed by atoms with E-state index in [1.54, 1.807) is 0 Å². The first kappa shape index (κ1) is 73.5. The Morgan fingerprint density at radius 2 is 0.306 bits per heavy atom. The van der Waals surface area contributed by atoms with Gasteiger partial charge in [-0.15, -0.1) is 0 Å². The second-order valence-corrected chi connectivity index (χ2v) is 27.7. The molecule has 0 spiro atoms. The van der Waals surface area contributed by atoms with Crippen molar-refractivity contribution in [3.05, 3.63) is 429 Å². The Hall–Kier alpha value is -12.8. The van der Waals surface area contributed by atoms with Gasteiger partial charge in [-0.2, -0.15) is 0 Å². The van der Waals surface area contributed by atoms with Crippen LogP contribution in [0.1, 0.15) is 117 Å². The minimum absolute atomic E-state index is 1.03. The predicted molar refractivity (Wildman–Crippen MR) is 470 cm³/mol. The van der Waals surface area contributed by atoms with Crippen LogP contribution >= 0.6 is 0 Å². The molecule has 0 saturated heterocycles. The third kappa shape index (κ3) is 18.8. The smallest absolute Gasteiger partial charge is 0.0462 e. The van der Waals surface area contributed by atoms with E-state index in [4.69, 9.17) is 0 Å². The second kappa shape index (κ2) is 35.8. The lowest BCUT2D eigenvalue weighted by atomic mass is 10.0. The number of nitrogens with zero attached hydrogens (tertiary/aromatic N) is 4. The third-order valence-corrected chi connectivity index (χ3v) is 20.0. The summed E-state index contributed by atoms with van der Waals surface area (Å²) in [7, 11) is 0. The maximum absolute atomic E-state index is 2.34. The zero-order chi connectivity index (χ0) is 74.6. The Bertz CT molecular complexity index is 4780. The van der Waals surface area contributed by atoms with Gasteiger partial charge in [0.15, 0.2) is 0 Å². The van der Waals surface area contributed by atoms with Gasteiger partial charge >= 0.3 is 0 Å². The number of benzene rings is 14. The van der Waals surface area contributed by atoms with E-state index in [2.05, 4.69) is 463 Å². The lowest BCUT2D eigenvalue weighted by Crippen LogP contribution is -2.10. The lowest BCUT2D eigenvalue weighted by molar-refractivity contribution is 1.13. The quantitative estimate of drug-likeness (QED) is 0.0559. The van der Waals surface area contributed by atoms with E-state index in [-0.39, 0.29) is 0 Å². The maximum atomic E-state index is 2.34. The molecule has 0 aliphatic heterocycles. The highest BCUT2D eigenvalue weighted by Gasteiger charge is 2.18. The molecule has 0 atom stereocenters. The SMILES string of the molecule is CCc1ccc(N(c2ccc(/C=C/c3ccccc3/C=C/c3ccc(N(c4ccc(CC)cc4)c4ccc(CC)cc4)cc3)cc2)c2ccc(CC)cc2)cc1.Cc1ccc(N(c2ccc(C)cc2)c2ccc(C=Cc3ccccc3C=Cc3ccc(N(c4ccc(C)cc4)c4ccc(C)cc4)cc3)cc2)cc1. The van der Waals surface area contributed by atoms with Crippen LogP contribution in [0.15, 0.2) is 340 Å². The minimum Gasteiger partial charge on any atom is -0.311 e. The van der Waals surface area contributed by atoms with E-state index in [1.165, 1.54) is 66.8 Å². The van der Waals surface area contributed by atoms with Crippen LogP contribution in [0.2, 0.25) is 0 Å². The second-order valence-electron chi connectivity index (χ2n) is 27.7. The summed E-state index contributed by atoms with van der Waals surface area (Å²) < 4.78 is 0. The number of hydrogen-bond acceptors (Lipinski definition) is 4. The molecule has 0 aliphatic rings. The molecule has 14 rings (SSSR count). The Morgan fingerprint density at radius 3 is 0.454 bits per heavy atom. The molecule has 0 radical (unpaired) electrons. The van der Waals surface area contributed by atoms with Crippen molar-refractivity contribution < 1.29 is 0 Å². The van der Waals surface area contributed by atoms with Gasteiger partial charge in [0.1, 0.15) is 0 Å². The Morgan fingerprint density at radius 1 is 0.167 bits per heavy atom. The van der Waals surface area contributed by atoms with Crippen LogP contribution < -0.4 is 19.6 Å². The van der Waals surface area contributed by atoms with E-state index in [1.807, 2.05) is 0 Å². The summed E-state index contributed by atoms with van der Waals surface area (Å²) in [5.74, 6) is 0. The largest absolute Gasteiger partial charge is 0.311 e. The van der Waals surface area contributed by atoms with Crippen LogP contribution in [0.3, 0.4) is 0 Å². The molecule has 0 aromatic heterocycles. The van der Waals surface area contributed by atoms with Gasteiger partial charge in [-0.25, -0.2) is 0 Å². The summed E-state index contributed by atoms with van der Waals surface area (Å²) in [6.07, 6.45) is 21.8. The van der Waals surface area contributed by atoms with Crippen LogP contribution in [0, 0.1) is 27.7 Å². The first-order chi connectivity index (χ1) is 52.9. The molecule has 0 aliphatic carbocycles. The van der Waals surface area contributed by atoms with E-state index in [9.17, 15) is 0 Å². The van der Waals surface area contributed by atoms with Crippen molar-refractivity contribution in [2.24, 2.45) is 0 Å². The summed E-state index contributed by atoms with van der Waals surface area (Å²) in [6.45, 7) is 17.3. The highest BCUT2D eigenvalue weighted by Crippen LogP contribution is 2.40. The Kier molecular flexibility index (Phi) is 24.4. The van der Waals surface area contributed by atoms with Gasteiger partial charge in [0, 0.05) is 68.2 Å². The predicted octanol–water partition coefficient (Wildman–Crippen LogP) is 29.4. The van der Waals surface area contributed by atoms with Gasteiger partial charge in [-0.05, 0) is 266 Å². The minimum atomic E-state index is 1.03. The number of aryl methyl sites for hydroxylation is 8. The number of rotatable bonds is 24. The van der Waals surface area contributed by atoms with Crippen LogP contribution in [0.5, 0.6) is 0 Å². The molecule has 0 saturated carbocycles. The van der Waals surface area contributed by atoms with Gasteiger partial charge < -0.3 is 19.6 Å². The Labute approximate surface area is 642 Å². The topological polar surface area (TPSA) is 13.0 Å². The number of hydrogen-bond donors (Lipinski definition) is 0. The lowest BCUT2D eigenvalue weighted by Gasteiger charge is -2.26. The average Bonchev–Trinajstić information content (AvgIpc) is 0.820. The summed E-state index contributed by atoms with van der Waals surface area (Å²) >= 11 is 0. The molecule has 0 N–H and O–H groups in total. The standard InChI is InChI=1S/C54H52N2.C50H44N2/c1-5-41-15-29-49(30-16-41)55(50-31-17-42(6-2)18-32-50)53-37-23-45(24-38-53)13-27-47-11-9-10-12-48(47)28-14-46-25-39-54(40-26-46)56(51-33-19-43(7-3)20-34-51)52-35-21-44(8-4)22-36-52;1-37-9-25-45(26-10-37)51(46-27-11-38(2)12-28-46)49-33-19-41(20-34-49)17-23-43-7-5-6-8-44(43)24-18-42-21-35-50(36-22-42)52(47-29-13-39(3)14-30-47)48-31-15-40(4)16-32-48/h9-40H,5-8H2,1-4H3;5-36H,1-4H3/b27-13+,28-14+;. The molecule has 0 heterocycles. The number of anilines is 12. The molecule has 4 heteroatoms. The molecule has 532 valence electrons. The van der Waals surface area contributed by atoms with Gasteiger partial charge in [0.2, 0.25) is 0 Å². The highest BCUT2D eigenvalue weighted by atomic mass is 15.2. The molecule has 14 aromatic carbocycles. The van der Waals surface area contributed by atoms with Crippen molar-refractivity contribution in [2.45, 2.75) is 81.1 Å². The van der Waals surface area contributed by atoms with Gasteiger partial charge in [0.25, 0.3) is 0 Å². The van der Waals surface area contributed by atoms with Crippen molar-refractivity contribution in [1.82, 2.24) is 0 Å². The molecule has 0 amide bonds. The summed E-state index contributed by atoms with van der Waals surface area (Å²) in [6, 6.07) is 123. The molecule has 0 unspecified atom stereocenters. The fraction of sp³-hybridized carbons (Fsp3) is 0.115. The van der Waals surface area contributed by atoms with Crippen molar-refractivity contribution in [2.75, 3.05) is 19.6 Å². The first-order valence-electron chi connectivity index (χ1n) is 38.1. The molecule has 14 aromatic rings. The monoisotopic (exact) mass is 1400 g/mol. The molecule has 0 bridgehead atoms. The average molecular weight is 1400 g/mol. The summed E-state index contributed by atoms with van der Waals surface area (Å²) in [4.78, 5) is 9.29. The van der Waals surface area contributed by atoms with Crippen LogP contribution in [-0.4, -0.2) is 0 Å². The summed E-state index contributed by atoms with van der Waals surface area (Å²) in [5, 5.41) is 0. The molecule has 0 fully saturated rings. The van der Waals surface area contributed by atoms with Crippen LogP contribution in [0.25, 0.3) is 48.6 Å². The van der Waals surface area contributed by atoms with E-state index < -0.39 is 0 Å². The molecule has 4 nitrogen and oxygen atoms in total. The zero-order valence-electron chi connectivity index (χ0n) is 63.6. The fourth-order valence-corrected chi connectivity index (χ4v) is 13.4. The molecule has 108 heavy (non-hydrogen) atoms. The summed E-state index contributed by atoms with van der Waals surface area (Å²) in [5.41, 5.74) is 33.4. The highest BCUT2D eigenvalue weighted by molar-refractivity contribution is 5.86. The molecular weight excluding hydrogens is 1310 g/mol. The Balaban J connectivity index is 0.000000191. The van der Waals surface area contributed by atoms with Crippen LogP contribution in [-0.2, 0) is 25.7 Å². The van der Waals surface area contributed by atoms with Gasteiger partial charge in [0.05, 0.1) is 0 Å². The van der Waals surface area contributed by atoms with Gasteiger partial charge in [-0.1, -0.05) is 293 Å². The normalized spacial score (nSPS) is 11.3. The van der Waals surface area contributed by atoms with Gasteiger partial charge in [-0.3, -0.25) is 0 Å². The van der Waals surface area contributed by atoms with Crippen molar-refractivity contribution >= 4 is 117 Å². The maximum Gasteiger partial charge on any atom is 0.0462 e. The van der Waals surface area contributed by atoms with Crippen molar-refractivity contribution in [1.29, 1.82) is 0 Å². The first-order valence-corrected chi connectivity index (χ1v) is 38.1. The van der Waals surface area contributed by atoms with Crippen LogP contribution in [0.4, 0.5) is 68.2 Å². The van der Waals surface area contributed by atoms with E-state index >= 15 is 0 Å². The van der Waals surface area contributed by atoms with Crippen molar-refractivity contribution in [3.63, 3.8) is 0 Å². The fourth-order valence-electron chi connectivity index (χ4n) is 13.4.